The Balaban J connectivity index is 2.30. The molecule has 82 valence electrons. The van der Waals surface area contributed by atoms with Crippen molar-refractivity contribution in [2.45, 2.75) is 0 Å². The lowest BCUT2D eigenvalue weighted by Crippen LogP contribution is -3.62. The molecule has 4 heteroatoms. The molecular weight excluding hydrogens is 328 g/mol. The number of benzene rings is 2. The maximum Gasteiger partial charge on any atom is 0.364 e. The van der Waals surface area contributed by atoms with Gasteiger partial charge in [-0.05, 0) is 36.4 Å². The van der Waals surface area contributed by atoms with Crippen LogP contribution in [0.5, 0.6) is 0 Å². The fraction of sp³-hybridized carbons (Fsp3) is 0. The topological polar surface area (TPSA) is 0 Å². The second-order valence-electron chi connectivity index (χ2n) is 3.07. The molecule has 0 saturated carbocycles. The Hall–Kier alpha value is -1.04. The quantitative estimate of drug-likeness (QED) is 0.545. The van der Waals surface area contributed by atoms with E-state index in [1.165, 1.54) is 30.3 Å². The van der Waals surface area contributed by atoms with Crippen molar-refractivity contribution in [1.82, 2.24) is 0 Å². The highest BCUT2D eigenvalue weighted by Crippen LogP contribution is 2.01. The average Bonchev–Trinajstić information content (AvgIpc) is 2.26. The van der Waals surface area contributed by atoms with Gasteiger partial charge < -0.3 is 0 Å². The van der Waals surface area contributed by atoms with Gasteiger partial charge in [-0.15, -0.1) is 0 Å². The van der Waals surface area contributed by atoms with Gasteiger partial charge >= 0.3 is 21.2 Å². The molecule has 0 bridgehead atoms. The molecule has 0 aliphatic heterocycles. The van der Waals surface area contributed by atoms with Gasteiger partial charge in [0.25, 0.3) is 3.57 Å². The summed E-state index contributed by atoms with van der Waals surface area (Å²) in [4.78, 5) is 0. The van der Waals surface area contributed by atoms with Crippen molar-refractivity contribution in [3.63, 3.8) is 0 Å². The van der Waals surface area contributed by atoms with Crippen molar-refractivity contribution in [3.05, 3.63) is 67.1 Å². The first-order valence-corrected chi connectivity index (χ1v) is 6.67. The van der Waals surface area contributed by atoms with E-state index in [-0.39, 0.29) is 9.39 Å². The average molecular weight is 335 g/mol. The smallest absolute Gasteiger partial charge is 0.207 e. The van der Waals surface area contributed by atoms with Crippen LogP contribution in [0, 0.1) is 24.6 Å². The normalized spacial score (nSPS) is 10.4. The third kappa shape index (κ3) is 2.55. The predicted octanol–water partition coefficient (Wildman–Crippen LogP) is 0.232. The number of rotatable bonds is 2. The molecule has 0 radical (unpaired) electrons. The van der Waals surface area contributed by atoms with Crippen LogP contribution in [-0.4, -0.2) is 0 Å². The van der Waals surface area contributed by atoms with E-state index in [1.54, 1.807) is 12.1 Å². The number of hydrogen-bond donors (Lipinski definition) is 0. The summed E-state index contributed by atoms with van der Waals surface area (Å²) in [6, 6.07) is 9.54. The van der Waals surface area contributed by atoms with Gasteiger partial charge in [-0.3, -0.25) is 0 Å². The van der Waals surface area contributed by atoms with Gasteiger partial charge in [0.1, 0.15) is 5.82 Å². The summed E-state index contributed by atoms with van der Waals surface area (Å²) < 4.78 is 40.2. The Morgan fingerprint density at radius 1 is 0.750 bits per heavy atom. The van der Waals surface area contributed by atoms with Gasteiger partial charge in [-0.25, -0.2) is 13.2 Å². The second kappa shape index (κ2) is 4.86. The predicted molar refractivity (Wildman–Crippen MR) is 50.2 cm³/mol. The maximum absolute atomic E-state index is 13.3. The minimum absolute atomic E-state index is 0.118. The summed E-state index contributed by atoms with van der Waals surface area (Å²) >= 11 is -0.944. The van der Waals surface area contributed by atoms with Gasteiger partial charge in [0.05, 0.1) is 0 Å². The molecule has 0 aliphatic rings. The van der Waals surface area contributed by atoms with Crippen LogP contribution in [0.4, 0.5) is 13.2 Å². The molecule has 2 aromatic carbocycles. The van der Waals surface area contributed by atoms with E-state index < -0.39 is 32.8 Å². The zero-order valence-corrected chi connectivity index (χ0v) is 10.2. The molecule has 0 aromatic heterocycles. The molecule has 16 heavy (non-hydrogen) atoms. The monoisotopic (exact) mass is 335 g/mol. The lowest BCUT2D eigenvalue weighted by molar-refractivity contribution is -0.603. The summed E-state index contributed by atoms with van der Waals surface area (Å²) in [5.74, 6) is -1.41. The fourth-order valence-corrected chi connectivity index (χ4v) is 3.39. The fourth-order valence-electron chi connectivity index (χ4n) is 1.17. The van der Waals surface area contributed by atoms with E-state index >= 15 is 0 Å². The first kappa shape index (κ1) is 11.4. The highest BCUT2D eigenvalue weighted by atomic mass is 127. The Morgan fingerprint density at radius 3 is 1.88 bits per heavy atom. The molecule has 0 nitrogen and oxygen atoms in total. The minimum Gasteiger partial charge on any atom is -0.207 e. The zero-order chi connectivity index (χ0) is 11.5. The molecule has 2 rings (SSSR count). The molecule has 0 saturated heterocycles. The summed E-state index contributed by atoms with van der Waals surface area (Å²) in [5, 5.41) is 0. The van der Waals surface area contributed by atoms with Crippen molar-refractivity contribution in [2.24, 2.45) is 0 Å². The van der Waals surface area contributed by atoms with E-state index in [9.17, 15) is 13.2 Å². The number of hydrogen-bond acceptors (Lipinski definition) is 0. The summed E-state index contributed by atoms with van der Waals surface area (Å²) in [5.41, 5.74) is 0. The second-order valence-corrected chi connectivity index (χ2v) is 5.93. The molecule has 0 heterocycles. The zero-order valence-electron chi connectivity index (χ0n) is 8.05. The van der Waals surface area contributed by atoms with Crippen LogP contribution in [0.2, 0.25) is 0 Å². The minimum atomic E-state index is -0.944. The molecule has 0 fully saturated rings. The van der Waals surface area contributed by atoms with E-state index in [4.69, 9.17) is 0 Å². The van der Waals surface area contributed by atoms with Crippen LogP contribution >= 0.6 is 0 Å². The van der Waals surface area contributed by atoms with Gasteiger partial charge in [-0.1, -0.05) is 6.07 Å². The van der Waals surface area contributed by atoms with Crippen molar-refractivity contribution in [1.29, 1.82) is 0 Å². The van der Waals surface area contributed by atoms with Gasteiger partial charge in [0.15, 0.2) is 15.2 Å². The summed E-state index contributed by atoms with van der Waals surface area (Å²) in [6.45, 7) is 0. The standard InChI is InChI=1S/C12H7F3I/c13-8-4-6-9(7-5-8)16-12-10(14)2-1-3-11(12)15/h1-7H/q+1. The highest BCUT2D eigenvalue weighted by molar-refractivity contribution is 5.07. The van der Waals surface area contributed by atoms with Crippen LogP contribution in [0.25, 0.3) is 0 Å². The highest BCUT2D eigenvalue weighted by Gasteiger charge is 2.25. The molecule has 0 spiro atoms. The van der Waals surface area contributed by atoms with E-state index in [2.05, 4.69) is 0 Å². The Bertz CT molecular complexity index is 474. The van der Waals surface area contributed by atoms with Crippen molar-refractivity contribution < 1.29 is 34.4 Å². The number of halogens is 4. The largest absolute Gasteiger partial charge is 0.364 e. The third-order valence-corrected chi connectivity index (χ3v) is 4.82. The van der Waals surface area contributed by atoms with Crippen LogP contribution in [0.1, 0.15) is 0 Å². The van der Waals surface area contributed by atoms with Crippen LogP contribution in [0.3, 0.4) is 0 Å². The SMILES string of the molecule is Fc1ccc([I+]c2c(F)cccc2F)cc1. The maximum atomic E-state index is 13.3. The lowest BCUT2D eigenvalue weighted by Gasteiger charge is -1.91. The lowest BCUT2D eigenvalue weighted by atomic mass is 10.3. The van der Waals surface area contributed by atoms with Gasteiger partial charge in [-0.2, -0.15) is 0 Å². The molecule has 2 aromatic rings. The molecule has 0 amide bonds. The third-order valence-electron chi connectivity index (χ3n) is 1.91. The summed E-state index contributed by atoms with van der Waals surface area (Å²) in [7, 11) is 0. The molecule has 0 atom stereocenters. The Kier molecular flexibility index (Phi) is 3.48. The van der Waals surface area contributed by atoms with Crippen LogP contribution in [-0.2, 0) is 0 Å². The van der Waals surface area contributed by atoms with Crippen molar-refractivity contribution in [3.8, 4) is 0 Å². The van der Waals surface area contributed by atoms with Gasteiger partial charge in [0.2, 0.25) is 0 Å². The van der Waals surface area contributed by atoms with Crippen molar-refractivity contribution >= 4 is 0 Å². The first-order chi connectivity index (χ1) is 7.66. The van der Waals surface area contributed by atoms with Crippen LogP contribution in [0.15, 0.2) is 42.5 Å². The Labute approximate surface area is 101 Å². The van der Waals surface area contributed by atoms with E-state index in [0.29, 0.717) is 0 Å². The molecule has 0 aliphatic carbocycles. The molecule has 0 unspecified atom stereocenters. The van der Waals surface area contributed by atoms with E-state index in [1.807, 2.05) is 0 Å². The van der Waals surface area contributed by atoms with Gasteiger partial charge in [0, 0.05) is 0 Å². The van der Waals surface area contributed by atoms with E-state index in [0.717, 1.165) is 3.57 Å². The van der Waals surface area contributed by atoms with Crippen LogP contribution < -0.4 is 21.2 Å². The Morgan fingerprint density at radius 2 is 1.31 bits per heavy atom. The molecular formula is C12H7F3I+. The summed E-state index contributed by atoms with van der Waals surface area (Å²) in [6.07, 6.45) is 0. The molecule has 0 N–H and O–H groups in total. The van der Waals surface area contributed by atoms with Crippen molar-refractivity contribution in [2.75, 3.05) is 0 Å². The first-order valence-electron chi connectivity index (χ1n) is 4.51.